The van der Waals surface area contributed by atoms with Crippen LogP contribution in [-0.4, -0.2) is 18.8 Å². The number of ether oxygens (including phenoxy) is 2. The highest BCUT2D eigenvalue weighted by molar-refractivity contribution is 5.49. The molecule has 2 N–H and O–H groups in total. The largest absolute Gasteiger partial charge is 0.508 e. The van der Waals surface area contributed by atoms with Gasteiger partial charge in [0, 0.05) is 6.54 Å². The predicted molar refractivity (Wildman–Crippen MR) is 105 cm³/mol. The van der Waals surface area contributed by atoms with E-state index in [-0.39, 0.29) is 6.04 Å². The first-order valence-corrected chi connectivity index (χ1v) is 9.14. The lowest BCUT2D eigenvalue weighted by molar-refractivity contribution is 0.284. The highest BCUT2D eigenvalue weighted by atomic mass is 16.5. The van der Waals surface area contributed by atoms with E-state index < -0.39 is 0 Å². The van der Waals surface area contributed by atoms with Gasteiger partial charge in [-0.1, -0.05) is 42.5 Å². The molecule has 1 atom stereocenters. The Morgan fingerprint density at radius 3 is 2.67 bits per heavy atom. The SMILES string of the molecule is COc1cc(C2NCCc3cc(O)ccc32)ccc1OCc1ccccc1. The number of hydrogen-bond acceptors (Lipinski definition) is 4. The van der Waals surface area contributed by atoms with Crippen LogP contribution < -0.4 is 14.8 Å². The fourth-order valence-corrected chi connectivity index (χ4v) is 3.57. The number of nitrogens with one attached hydrogen (secondary N) is 1. The van der Waals surface area contributed by atoms with Crippen LogP contribution >= 0.6 is 0 Å². The Kier molecular flexibility index (Phi) is 4.99. The van der Waals surface area contributed by atoms with Crippen molar-refractivity contribution < 1.29 is 14.6 Å². The minimum absolute atomic E-state index is 0.0754. The third kappa shape index (κ3) is 3.76. The summed E-state index contributed by atoms with van der Waals surface area (Å²) in [6, 6.07) is 21.8. The topological polar surface area (TPSA) is 50.7 Å². The van der Waals surface area contributed by atoms with E-state index in [2.05, 4.69) is 11.4 Å². The van der Waals surface area contributed by atoms with Crippen molar-refractivity contribution >= 4 is 0 Å². The maximum absolute atomic E-state index is 9.76. The van der Waals surface area contributed by atoms with Crippen molar-refractivity contribution in [1.29, 1.82) is 0 Å². The van der Waals surface area contributed by atoms with Crippen molar-refractivity contribution in [2.45, 2.75) is 19.1 Å². The Hall–Kier alpha value is -2.98. The molecule has 138 valence electrons. The van der Waals surface area contributed by atoms with Crippen LogP contribution in [-0.2, 0) is 13.0 Å². The van der Waals surface area contributed by atoms with Crippen molar-refractivity contribution in [3.05, 3.63) is 89.0 Å². The van der Waals surface area contributed by atoms with Gasteiger partial charge in [-0.2, -0.15) is 0 Å². The summed E-state index contributed by atoms with van der Waals surface area (Å²) in [6.07, 6.45) is 0.912. The van der Waals surface area contributed by atoms with E-state index in [1.54, 1.807) is 13.2 Å². The number of hydrogen-bond donors (Lipinski definition) is 2. The van der Waals surface area contributed by atoms with E-state index >= 15 is 0 Å². The average molecular weight is 361 g/mol. The Balaban J connectivity index is 1.59. The minimum Gasteiger partial charge on any atom is -0.508 e. The van der Waals surface area contributed by atoms with Crippen LogP contribution in [0.25, 0.3) is 0 Å². The van der Waals surface area contributed by atoms with Gasteiger partial charge in [-0.3, -0.25) is 0 Å². The van der Waals surface area contributed by atoms with E-state index in [9.17, 15) is 5.11 Å². The van der Waals surface area contributed by atoms with E-state index in [1.165, 1.54) is 11.1 Å². The van der Waals surface area contributed by atoms with Crippen molar-refractivity contribution in [2.75, 3.05) is 13.7 Å². The lowest BCUT2D eigenvalue weighted by atomic mass is 9.89. The van der Waals surface area contributed by atoms with Crippen LogP contribution in [0.1, 0.15) is 28.3 Å². The quantitative estimate of drug-likeness (QED) is 0.715. The van der Waals surface area contributed by atoms with Gasteiger partial charge in [-0.05, 0) is 52.9 Å². The number of phenols is 1. The molecule has 0 amide bonds. The van der Waals surface area contributed by atoms with Crippen LogP contribution in [0.5, 0.6) is 17.2 Å². The Labute approximate surface area is 159 Å². The smallest absolute Gasteiger partial charge is 0.161 e. The summed E-state index contributed by atoms with van der Waals surface area (Å²) >= 11 is 0. The number of aromatic hydroxyl groups is 1. The first-order chi connectivity index (χ1) is 13.2. The number of benzene rings is 3. The van der Waals surface area contributed by atoms with Crippen molar-refractivity contribution in [3.8, 4) is 17.2 Å². The maximum atomic E-state index is 9.76. The molecule has 0 aromatic heterocycles. The summed E-state index contributed by atoms with van der Waals surface area (Å²) in [5, 5.41) is 13.3. The molecule has 0 aliphatic carbocycles. The molecule has 3 aromatic rings. The number of phenolic OH excluding ortho intramolecular Hbond substituents is 1. The van der Waals surface area contributed by atoms with Gasteiger partial charge in [0.1, 0.15) is 12.4 Å². The van der Waals surface area contributed by atoms with Crippen LogP contribution in [0.3, 0.4) is 0 Å². The van der Waals surface area contributed by atoms with E-state index in [0.29, 0.717) is 12.4 Å². The molecule has 0 saturated heterocycles. The van der Waals surface area contributed by atoms with Gasteiger partial charge < -0.3 is 19.9 Å². The molecule has 0 bridgehead atoms. The van der Waals surface area contributed by atoms with Crippen molar-refractivity contribution in [2.24, 2.45) is 0 Å². The fraction of sp³-hybridized carbons (Fsp3) is 0.217. The van der Waals surface area contributed by atoms with Gasteiger partial charge in [0.15, 0.2) is 11.5 Å². The third-order valence-corrected chi connectivity index (χ3v) is 4.94. The number of rotatable bonds is 5. The molecule has 0 fully saturated rings. The Morgan fingerprint density at radius 2 is 1.85 bits per heavy atom. The molecule has 4 nitrogen and oxygen atoms in total. The van der Waals surface area contributed by atoms with E-state index in [0.717, 1.165) is 35.6 Å². The van der Waals surface area contributed by atoms with Crippen LogP contribution in [0.15, 0.2) is 66.7 Å². The fourth-order valence-electron chi connectivity index (χ4n) is 3.57. The number of fused-ring (bicyclic) bond motifs is 1. The second kappa shape index (κ2) is 7.72. The Bertz CT molecular complexity index is 924. The van der Waals surface area contributed by atoms with Crippen molar-refractivity contribution in [3.63, 3.8) is 0 Å². The second-order valence-corrected chi connectivity index (χ2v) is 6.70. The third-order valence-electron chi connectivity index (χ3n) is 4.94. The van der Waals surface area contributed by atoms with Gasteiger partial charge in [0.25, 0.3) is 0 Å². The molecule has 0 radical (unpaired) electrons. The molecule has 4 heteroatoms. The first-order valence-electron chi connectivity index (χ1n) is 9.14. The van der Waals surface area contributed by atoms with Gasteiger partial charge in [0.05, 0.1) is 13.2 Å². The Morgan fingerprint density at radius 1 is 1.00 bits per heavy atom. The van der Waals surface area contributed by atoms with E-state index in [4.69, 9.17) is 9.47 Å². The lowest BCUT2D eigenvalue weighted by Gasteiger charge is -2.28. The summed E-state index contributed by atoms with van der Waals surface area (Å²) in [5.74, 6) is 1.76. The summed E-state index contributed by atoms with van der Waals surface area (Å²) in [6.45, 7) is 1.37. The van der Waals surface area contributed by atoms with E-state index in [1.807, 2.05) is 54.6 Å². The zero-order valence-corrected chi connectivity index (χ0v) is 15.3. The van der Waals surface area contributed by atoms with Gasteiger partial charge in [-0.15, -0.1) is 0 Å². The molecular formula is C23H23NO3. The summed E-state index contributed by atoms with van der Waals surface area (Å²) in [4.78, 5) is 0. The predicted octanol–water partition coefficient (Wildman–Crippen LogP) is 4.21. The summed E-state index contributed by atoms with van der Waals surface area (Å²) in [5.41, 5.74) is 4.61. The molecular weight excluding hydrogens is 338 g/mol. The molecule has 0 saturated carbocycles. The lowest BCUT2D eigenvalue weighted by Crippen LogP contribution is -2.30. The van der Waals surface area contributed by atoms with Gasteiger partial charge in [-0.25, -0.2) is 0 Å². The zero-order chi connectivity index (χ0) is 18.6. The molecule has 1 heterocycles. The molecule has 3 aromatic carbocycles. The van der Waals surface area contributed by atoms with Gasteiger partial charge >= 0.3 is 0 Å². The zero-order valence-electron chi connectivity index (χ0n) is 15.3. The molecule has 1 unspecified atom stereocenters. The highest BCUT2D eigenvalue weighted by Crippen LogP contribution is 2.36. The molecule has 27 heavy (non-hydrogen) atoms. The molecule has 0 spiro atoms. The monoisotopic (exact) mass is 361 g/mol. The standard InChI is InChI=1S/C23H23NO3/c1-26-22-14-18(7-10-21(22)27-15-16-5-3-2-4-6-16)23-20-9-8-19(25)13-17(20)11-12-24-23/h2-10,13-14,23-25H,11-12,15H2,1H3. The van der Waals surface area contributed by atoms with Crippen LogP contribution in [0.4, 0.5) is 0 Å². The van der Waals surface area contributed by atoms with Gasteiger partial charge in [0.2, 0.25) is 0 Å². The summed E-state index contributed by atoms with van der Waals surface area (Å²) < 4.78 is 11.5. The average Bonchev–Trinajstić information content (AvgIpc) is 2.72. The molecule has 1 aliphatic heterocycles. The van der Waals surface area contributed by atoms with Crippen molar-refractivity contribution in [1.82, 2.24) is 5.32 Å². The minimum atomic E-state index is 0.0754. The molecule has 4 rings (SSSR count). The van der Waals surface area contributed by atoms with Crippen LogP contribution in [0, 0.1) is 0 Å². The van der Waals surface area contributed by atoms with Crippen LogP contribution in [0.2, 0.25) is 0 Å². The maximum Gasteiger partial charge on any atom is 0.161 e. The summed E-state index contributed by atoms with van der Waals surface area (Å²) in [7, 11) is 1.66. The second-order valence-electron chi connectivity index (χ2n) is 6.70. The normalized spacial score (nSPS) is 15.8. The number of methoxy groups -OCH3 is 1. The highest BCUT2D eigenvalue weighted by Gasteiger charge is 2.22. The first kappa shape index (κ1) is 17.4. The molecule has 1 aliphatic rings.